The van der Waals surface area contributed by atoms with Crippen molar-refractivity contribution in [3.05, 3.63) is 47.4 Å². The summed E-state index contributed by atoms with van der Waals surface area (Å²) in [7, 11) is 0. The Morgan fingerprint density at radius 2 is 2.14 bits per heavy atom. The van der Waals surface area contributed by atoms with Gasteiger partial charge in [0.2, 0.25) is 0 Å². The lowest BCUT2D eigenvalue weighted by Crippen LogP contribution is -2.16. The molecule has 2 heterocycles. The van der Waals surface area contributed by atoms with Gasteiger partial charge in [0.25, 0.3) is 5.91 Å². The molecule has 1 aromatic carbocycles. The van der Waals surface area contributed by atoms with Crippen molar-refractivity contribution < 1.29 is 4.79 Å². The minimum atomic E-state index is -0.588. The number of hydrogen-bond donors (Lipinski definition) is 2. The van der Waals surface area contributed by atoms with E-state index in [0.717, 1.165) is 10.5 Å². The first-order chi connectivity index (χ1) is 10.6. The second-order valence-corrected chi connectivity index (χ2v) is 6.02. The van der Waals surface area contributed by atoms with E-state index in [1.54, 1.807) is 17.5 Å². The van der Waals surface area contributed by atoms with E-state index in [1.165, 1.54) is 10.9 Å². The van der Waals surface area contributed by atoms with E-state index in [-0.39, 0.29) is 11.6 Å². The lowest BCUT2D eigenvalue weighted by molar-refractivity contribution is 0.0995. The number of fused-ring (bicyclic) bond motifs is 1. The molecule has 0 aliphatic carbocycles. The molecule has 0 saturated heterocycles. The highest BCUT2D eigenvalue weighted by molar-refractivity contribution is 7.18. The number of thiazole rings is 1. The molecular formula is C15H15N5OS. The van der Waals surface area contributed by atoms with E-state index in [1.807, 2.05) is 18.2 Å². The normalized spacial score (nSPS) is 12.2. The van der Waals surface area contributed by atoms with Gasteiger partial charge in [0, 0.05) is 12.5 Å². The Hall–Kier alpha value is -2.54. The van der Waals surface area contributed by atoms with Crippen LogP contribution in [0.3, 0.4) is 0 Å². The highest BCUT2D eigenvalue weighted by Crippen LogP contribution is 2.27. The monoisotopic (exact) mass is 313 g/mol. The maximum atomic E-state index is 11.1. The van der Waals surface area contributed by atoms with Gasteiger partial charge in [-0.25, -0.2) is 9.97 Å². The Bertz CT molecular complexity index is 783. The second-order valence-electron chi connectivity index (χ2n) is 4.96. The van der Waals surface area contributed by atoms with Crippen molar-refractivity contribution in [1.29, 1.82) is 0 Å². The summed E-state index contributed by atoms with van der Waals surface area (Å²) in [4.78, 5) is 23.8. The van der Waals surface area contributed by atoms with Crippen molar-refractivity contribution in [2.45, 2.75) is 12.8 Å². The van der Waals surface area contributed by atoms with Crippen LogP contribution in [0.25, 0.3) is 10.2 Å². The lowest BCUT2D eigenvalue weighted by Gasteiger charge is -2.10. The molecule has 1 amide bonds. The predicted molar refractivity (Wildman–Crippen MR) is 87.1 cm³/mol. The molecule has 0 saturated carbocycles. The third-order valence-electron chi connectivity index (χ3n) is 3.21. The number of hydrogen-bond acceptors (Lipinski definition) is 6. The number of carbonyl (C=O) groups is 1. The lowest BCUT2D eigenvalue weighted by atomic mass is 10.2. The topological polar surface area (TPSA) is 93.8 Å². The Morgan fingerprint density at radius 1 is 1.32 bits per heavy atom. The van der Waals surface area contributed by atoms with Crippen molar-refractivity contribution in [2.75, 3.05) is 11.9 Å². The van der Waals surface area contributed by atoms with Crippen molar-refractivity contribution >= 4 is 33.3 Å². The third kappa shape index (κ3) is 3.04. The summed E-state index contributed by atoms with van der Waals surface area (Å²) in [5, 5.41) is 4.23. The van der Waals surface area contributed by atoms with Gasteiger partial charge in [0.05, 0.1) is 27.6 Å². The first-order valence-electron chi connectivity index (χ1n) is 6.84. The van der Waals surface area contributed by atoms with Gasteiger partial charge in [0.15, 0.2) is 0 Å². The van der Waals surface area contributed by atoms with Crippen molar-refractivity contribution in [3.8, 4) is 0 Å². The molecule has 0 spiro atoms. The van der Waals surface area contributed by atoms with Gasteiger partial charge in [-0.05, 0) is 12.1 Å². The SMILES string of the molecule is C[C@H](CNc1cncc(C(N)=O)n1)c1nc2ccccc2s1. The summed E-state index contributed by atoms with van der Waals surface area (Å²) >= 11 is 1.69. The van der Waals surface area contributed by atoms with Crippen molar-refractivity contribution in [1.82, 2.24) is 15.0 Å². The standard InChI is InChI=1S/C15H15N5OS/c1-9(15-20-10-4-2-3-5-12(10)22-15)6-18-13-8-17-7-11(19-13)14(16)21/h2-5,7-9H,6H2,1H3,(H2,16,21)(H,18,19)/t9-/m1/s1. The average Bonchev–Trinajstić information content (AvgIpc) is 2.97. The minimum Gasteiger partial charge on any atom is -0.368 e. The van der Waals surface area contributed by atoms with E-state index in [9.17, 15) is 4.79 Å². The molecule has 6 nitrogen and oxygen atoms in total. The van der Waals surface area contributed by atoms with Crippen LogP contribution in [0, 0.1) is 0 Å². The fourth-order valence-electron chi connectivity index (χ4n) is 2.02. The van der Waals surface area contributed by atoms with Gasteiger partial charge in [-0.2, -0.15) is 0 Å². The summed E-state index contributed by atoms with van der Waals surface area (Å²) < 4.78 is 1.18. The number of nitrogens with one attached hydrogen (secondary N) is 1. The summed E-state index contributed by atoms with van der Waals surface area (Å²) in [5.74, 6) is 0.163. The smallest absolute Gasteiger partial charge is 0.268 e. The highest BCUT2D eigenvalue weighted by atomic mass is 32.1. The van der Waals surface area contributed by atoms with E-state index < -0.39 is 5.91 Å². The average molecular weight is 313 g/mol. The second kappa shape index (κ2) is 6.07. The van der Waals surface area contributed by atoms with Crippen LogP contribution in [0.2, 0.25) is 0 Å². The van der Waals surface area contributed by atoms with Crippen LogP contribution in [-0.2, 0) is 0 Å². The molecule has 3 aromatic rings. The Morgan fingerprint density at radius 3 is 2.91 bits per heavy atom. The number of benzene rings is 1. The van der Waals surface area contributed by atoms with Crippen LogP contribution in [0.5, 0.6) is 0 Å². The van der Waals surface area contributed by atoms with Gasteiger partial charge in [-0.15, -0.1) is 11.3 Å². The summed E-state index contributed by atoms with van der Waals surface area (Å²) in [5.41, 5.74) is 6.36. The van der Waals surface area contributed by atoms with Gasteiger partial charge in [-0.1, -0.05) is 19.1 Å². The third-order valence-corrected chi connectivity index (χ3v) is 4.48. The maximum Gasteiger partial charge on any atom is 0.268 e. The number of amides is 1. The molecule has 22 heavy (non-hydrogen) atoms. The summed E-state index contributed by atoms with van der Waals surface area (Å²) in [6.07, 6.45) is 2.92. The Kier molecular flexibility index (Phi) is 3.97. The number of aromatic nitrogens is 3. The van der Waals surface area contributed by atoms with Gasteiger partial charge in [-0.3, -0.25) is 9.78 Å². The van der Waals surface area contributed by atoms with E-state index in [2.05, 4.69) is 33.3 Å². The number of carbonyl (C=O) groups excluding carboxylic acids is 1. The zero-order valence-electron chi connectivity index (χ0n) is 12.0. The fraction of sp³-hybridized carbons (Fsp3) is 0.200. The predicted octanol–water partition coefficient (Wildman–Crippen LogP) is 2.40. The molecule has 0 aliphatic heterocycles. The van der Waals surface area contributed by atoms with Crippen molar-refractivity contribution in [3.63, 3.8) is 0 Å². The molecule has 0 bridgehead atoms. The van der Waals surface area contributed by atoms with Gasteiger partial charge in [0.1, 0.15) is 11.5 Å². The zero-order valence-corrected chi connectivity index (χ0v) is 12.8. The molecule has 3 rings (SSSR count). The fourth-order valence-corrected chi connectivity index (χ4v) is 3.03. The van der Waals surface area contributed by atoms with Crippen LogP contribution in [-0.4, -0.2) is 27.4 Å². The molecule has 3 N–H and O–H groups in total. The number of anilines is 1. The molecule has 112 valence electrons. The van der Waals surface area contributed by atoms with Crippen LogP contribution in [0.1, 0.15) is 28.3 Å². The summed E-state index contributed by atoms with van der Waals surface area (Å²) in [6, 6.07) is 8.08. The van der Waals surface area contributed by atoms with Crippen LogP contribution >= 0.6 is 11.3 Å². The van der Waals surface area contributed by atoms with Crippen LogP contribution in [0.15, 0.2) is 36.7 Å². The van der Waals surface area contributed by atoms with E-state index >= 15 is 0 Å². The number of nitrogens with zero attached hydrogens (tertiary/aromatic N) is 3. The Balaban J connectivity index is 1.70. The van der Waals surface area contributed by atoms with Crippen molar-refractivity contribution in [2.24, 2.45) is 5.73 Å². The molecule has 0 radical (unpaired) electrons. The van der Waals surface area contributed by atoms with Gasteiger partial charge < -0.3 is 11.1 Å². The van der Waals surface area contributed by atoms with E-state index in [4.69, 9.17) is 5.73 Å². The molecule has 0 unspecified atom stereocenters. The Labute approximate surface area is 131 Å². The molecule has 2 aromatic heterocycles. The number of rotatable bonds is 5. The summed E-state index contributed by atoms with van der Waals surface area (Å²) in [6.45, 7) is 2.74. The number of para-hydroxylation sites is 1. The molecular weight excluding hydrogens is 298 g/mol. The highest BCUT2D eigenvalue weighted by Gasteiger charge is 2.12. The number of nitrogens with two attached hydrogens (primary N) is 1. The zero-order chi connectivity index (χ0) is 15.5. The van der Waals surface area contributed by atoms with Gasteiger partial charge >= 0.3 is 0 Å². The first kappa shape index (κ1) is 14.4. The molecule has 0 fully saturated rings. The minimum absolute atomic E-state index is 0.151. The molecule has 1 atom stereocenters. The van der Waals surface area contributed by atoms with Crippen LogP contribution in [0.4, 0.5) is 5.82 Å². The molecule has 0 aliphatic rings. The largest absolute Gasteiger partial charge is 0.368 e. The number of primary amides is 1. The van der Waals surface area contributed by atoms with E-state index in [0.29, 0.717) is 12.4 Å². The molecule has 7 heteroatoms. The maximum absolute atomic E-state index is 11.1. The quantitative estimate of drug-likeness (QED) is 0.754. The first-order valence-corrected chi connectivity index (χ1v) is 7.66. The van der Waals surface area contributed by atoms with Crippen LogP contribution < -0.4 is 11.1 Å².